The van der Waals surface area contributed by atoms with Gasteiger partial charge in [-0.3, -0.25) is 19.2 Å². The van der Waals surface area contributed by atoms with E-state index >= 15 is 0 Å². The zero-order valence-corrected chi connectivity index (χ0v) is 16.6. The van der Waals surface area contributed by atoms with Crippen LogP contribution in [0, 0.1) is 6.92 Å². The van der Waals surface area contributed by atoms with Crippen molar-refractivity contribution in [3.05, 3.63) is 80.9 Å². The number of ketones is 4. The van der Waals surface area contributed by atoms with Gasteiger partial charge < -0.3 is 10.2 Å². The molecule has 2 aromatic rings. The highest BCUT2D eigenvalue weighted by molar-refractivity contribution is 6.27. The minimum Gasteiger partial charge on any atom is -0.507 e. The number of allylic oxidation sites excluding steroid dienone is 4. The number of hydrogen-bond donors (Lipinski definition) is 2. The molecule has 0 bridgehead atoms. The quantitative estimate of drug-likeness (QED) is 0.790. The van der Waals surface area contributed by atoms with E-state index in [1.807, 2.05) is 0 Å². The Bertz CT molecular complexity index is 1260. The Balaban J connectivity index is 1.82. The fourth-order valence-electron chi connectivity index (χ4n) is 4.06. The molecule has 2 aromatic carbocycles. The zero-order valence-electron chi connectivity index (χ0n) is 16.6. The summed E-state index contributed by atoms with van der Waals surface area (Å²) >= 11 is 0. The van der Waals surface area contributed by atoms with Crippen LogP contribution in [0.2, 0.25) is 0 Å². The van der Waals surface area contributed by atoms with Gasteiger partial charge >= 0.3 is 0 Å². The fourth-order valence-corrected chi connectivity index (χ4v) is 4.06. The largest absolute Gasteiger partial charge is 0.507 e. The number of aromatic hydroxyl groups is 2. The highest BCUT2D eigenvalue weighted by Crippen LogP contribution is 2.41. The van der Waals surface area contributed by atoms with Gasteiger partial charge in [-0.2, -0.15) is 0 Å². The monoisotopic (exact) mass is 402 g/mol. The molecule has 6 nitrogen and oxygen atoms in total. The van der Waals surface area contributed by atoms with Crippen LogP contribution in [-0.4, -0.2) is 33.3 Å². The molecular weight excluding hydrogens is 384 g/mol. The van der Waals surface area contributed by atoms with Gasteiger partial charge in [0, 0.05) is 33.8 Å². The predicted octanol–water partition coefficient (Wildman–Crippen LogP) is 3.84. The second kappa shape index (κ2) is 6.62. The third kappa shape index (κ3) is 2.72. The van der Waals surface area contributed by atoms with E-state index in [-0.39, 0.29) is 56.2 Å². The molecular formula is C24H18O6. The van der Waals surface area contributed by atoms with Crippen LogP contribution in [0.3, 0.4) is 0 Å². The van der Waals surface area contributed by atoms with Crippen molar-refractivity contribution in [1.29, 1.82) is 0 Å². The van der Waals surface area contributed by atoms with E-state index < -0.39 is 23.3 Å². The molecule has 30 heavy (non-hydrogen) atoms. The molecule has 1 atom stereocenters. The number of rotatable bonds is 2. The summed E-state index contributed by atoms with van der Waals surface area (Å²) in [6, 6.07) is 5.88. The number of carbonyl (C=O) groups excluding carboxylic acids is 4. The Morgan fingerprint density at radius 2 is 1.50 bits per heavy atom. The first kappa shape index (κ1) is 19.5. The van der Waals surface area contributed by atoms with Crippen molar-refractivity contribution >= 4 is 23.1 Å². The highest BCUT2D eigenvalue weighted by Gasteiger charge is 2.34. The van der Waals surface area contributed by atoms with Crippen LogP contribution in [-0.2, 0) is 0 Å². The molecule has 0 fully saturated rings. The summed E-state index contributed by atoms with van der Waals surface area (Å²) < 4.78 is 0. The van der Waals surface area contributed by atoms with Crippen molar-refractivity contribution in [3.63, 3.8) is 0 Å². The summed E-state index contributed by atoms with van der Waals surface area (Å²) in [6.45, 7) is 4.85. The first-order valence-electron chi connectivity index (χ1n) is 9.39. The van der Waals surface area contributed by atoms with E-state index in [1.54, 1.807) is 19.9 Å². The van der Waals surface area contributed by atoms with E-state index in [2.05, 4.69) is 0 Å². The van der Waals surface area contributed by atoms with E-state index in [4.69, 9.17) is 0 Å². The first-order chi connectivity index (χ1) is 14.1. The summed E-state index contributed by atoms with van der Waals surface area (Å²) in [5, 5.41) is 21.0. The summed E-state index contributed by atoms with van der Waals surface area (Å²) in [5.41, 5.74) is 1.31. The maximum Gasteiger partial charge on any atom is 0.194 e. The number of phenolic OH excluding ortho intramolecular Hbond substituents is 2. The van der Waals surface area contributed by atoms with Gasteiger partial charge in [0.1, 0.15) is 11.5 Å². The second-order valence-electron chi connectivity index (χ2n) is 7.67. The van der Waals surface area contributed by atoms with Gasteiger partial charge in [0.15, 0.2) is 23.1 Å². The SMILES string of the molecule is CC1=CC(=O)c2c(ccc(C(C)C3=CC(=O)c4cc(C)cc(O)c4C3=O)c2O)C1=O. The standard InChI is InChI=1S/C24H18O6/c1-10-6-16-17(25)9-15(24(30)21(16)18(26)7-10)12(3)13-4-5-14-20(23(13)29)19(27)8-11(2)22(14)28/h4-9,12,26,29H,1-3H3. The number of benzene rings is 2. The zero-order chi connectivity index (χ0) is 21.9. The molecule has 4 rings (SSSR count). The number of hydrogen-bond acceptors (Lipinski definition) is 6. The van der Waals surface area contributed by atoms with Crippen LogP contribution >= 0.6 is 0 Å². The van der Waals surface area contributed by atoms with Crippen LogP contribution in [0.25, 0.3) is 0 Å². The molecule has 150 valence electrons. The van der Waals surface area contributed by atoms with Crippen LogP contribution in [0.4, 0.5) is 0 Å². The molecule has 0 saturated heterocycles. The molecule has 0 aromatic heterocycles. The number of fused-ring (bicyclic) bond motifs is 2. The molecule has 1 unspecified atom stereocenters. The third-order valence-electron chi connectivity index (χ3n) is 5.64. The van der Waals surface area contributed by atoms with E-state index in [0.717, 1.165) is 0 Å². The molecule has 0 amide bonds. The average Bonchev–Trinajstić information content (AvgIpc) is 2.67. The summed E-state index contributed by atoms with van der Waals surface area (Å²) in [4.78, 5) is 50.4. The second-order valence-corrected chi connectivity index (χ2v) is 7.67. The Morgan fingerprint density at radius 1 is 0.800 bits per heavy atom. The Labute approximate surface area is 172 Å². The Kier molecular flexibility index (Phi) is 4.31. The third-order valence-corrected chi connectivity index (χ3v) is 5.64. The van der Waals surface area contributed by atoms with Gasteiger partial charge in [0.2, 0.25) is 0 Å². The molecule has 0 heterocycles. The van der Waals surface area contributed by atoms with Gasteiger partial charge in [-0.1, -0.05) is 13.0 Å². The molecule has 2 aliphatic carbocycles. The van der Waals surface area contributed by atoms with Gasteiger partial charge in [-0.05, 0) is 49.8 Å². The predicted molar refractivity (Wildman–Crippen MR) is 109 cm³/mol. The van der Waals surface area contributed by atoms with Gasteiger partial charge in [0.25, 0.3) is 0 Å². The number of aryl methyl sites for hydroxylation is 1. The molecule has 0 radical (unpaired) electrons. The number of Topliss-reactive ketones (excluding diaryl/α,β-unsaturated/α-hetero) is 2. The minimum atomic E-state index is -0.754. The lowest BCUT2D eigenvalue weighted by Gasteiger charge is -2.24. The van der Waals surface area contributed by atoms with Crippen molar-refractivity contribution in [3.8, 4) is 11.5 Å². The van der Waals surface area contributed by atoms with E-state index in [9.17, 15) is 29.4 Å². The van der Waals surface area contributed by atoms with E-state index in [1.165, 1.54) is 37.3 Å². The first-order valence-corrected chi connectivity index (χ1v) is 9.39. The normalized spacial score (nSPS) is 16.6. The van der Waals surface area contributed by atoms with Crippen molar-refractivity contribution in [1.82, 2.24) is 0 Å². The number of carbonyl (C=O) groups is 4. The number of phenols is 2. The minimum absolute atomic E-state index is 0.0720. The molecule has 0 spiro atoms. The van der Waals surface area contributed by atoms with Gasteiger partial charge in [-0.15, -0.1) is 0 Å². The van der Waals surface area contributed by atoms with Gasteiger partial charge in [-0.25, -0.2) is 0 Å². The van der Waals surface area contributed by atoms with Crippen LogP contribution in [0.15, 0.2) is 47.6 Å². The van der Waals surface area contributed by atoms with Crippen molar-refractivity contribution in [2.24, 2.45) is 0 Å². The maximum atomic E-state index is 13.1. The summed E-state index contributed by atoms with van der Waals surface area (Å²) in [6.07, 6.45) is 2.37. The lowest BCUT2D eigenvalue weighted by atomic mass is 9.78. The molecule has 0 saturated carbocycles. The van der Waals surface area contributed by atoms with Crippen LogP contribution in [0.1, 0.15) is 72.3 Å². The Hall–Kier alpha value is -3.80. The fraction of sp³-hybridized carbons (Fsp3) is 0.167. The summed E-state index contributed by atoms with van der Waals surface area (Å²) in [7, 11) is 0. The molecule has 0 aliphatic heterocycles. The van der Waals surface area contributed by atoms with Crippen molar-refractivity contribution in [2.75, 3.05) is 0 Å². The van der Waals surface area contributed by atoms with Crippen LogP contribution < -0.4 is 0 Å². The lowest BCUT2D eigenvalue weighted by molar-refractivity contribution is 0.0976. The van der Waals surface area contributed by atoms with Crippen molar-refractivity contribution in [2.45, 2.75) is 26.7 Å². The average molecular weight is 402 g/mol. The molecule has 2 aliphatic rings. The topological polar surface area (TPSA) is 109 Å². The summed E-state index contributed by atoms with van der Waals surface area (Å²) in [5.74, 6) is -3.21. The smallest absolute Gasteiger partial charge is 0.194 e. The lowest BCUT2D eigenvalue weighted by Crippen LogP contribution is -2.21. The maximum absolute atomic E-state index is 13.1. The van der Waals surface area contributed by atoms with E-state index in [0.29, 0.717) is 5.56 Å². The molecule has 6 heteroatoms. The highest BCUT2D eigenvalue weighted by atomic mass is 16.3. The van der Waals surface area contributed by atoms with Gasteiger partial charge in [0.05, 0.1) is 11.1 Å². The van der Waals surface area contributed by atoms with Crippen LogP contribution in [0.5, 0.6) is 11.5 Å². The van der Waals surface area contributed by atoms with Crippen molar-refractivity contribution < 1.29 is 29.4 Å². The molecule has 2 N–H and O–H groups in total. The Morgan fingerprint density at radius 3 is 2.20 bits per heavy atom.